The molecule has 0 atom stereocenters. The van der Waals surface area contributed by atoms with Crippen molar-refractivity contribution in [1.82, 2.24) is 10.0 Å². The van der Waals surface area contributed by atoms with Crippen LogP contribution < -0.4 is 24.8 Å². The van der Waals surface area contributed by atoms with Crippen molar-refractivity contribution in [3.05, 3.63) is 59.7 Å². The zero-order valence-electron chi connectivity index (χ0n) is 19.8. The van der Waals surface area contributed by atoms with E-state index in [4.69, 9.17) is 14.6 Å². The summed E-state index contributed by atoms with van der Waals surface area (Å²) in [7, 11) is -2.12. The lowest BCUT2D eigenvalue weighted by molar-refractivity contribution is 0.122. The molecule has 2 aromatic rings. The van der Waals surface area contributed by atoms with Crippen molar-refractivity contribution in [2.75, 3.05) is 44.9 Å². The predicted molar refractivity (Wildman–Crippen MR) is 134 cm³/mol. The fraction of sp³-hybridized carbons (Fsp3) is 0.520. The van der Waals surface area contributed by atoms with E-state index in [0.717, 1.165) is 69.8 Å². The minimum absolute atomic E-state index is 0.286. The maximum absolute atomic E-state index is 11.6. The summed E-state index contributed by atoms with van der Waals surface area (Å²) in [6.45, 7) is 4.55. The Morgan fingerprint density at radius 3 is 2.47 bits per heavy atom. The number of nitrogens with two attached hydrogens (primary N) is 1. The molecule has 4 rings (SSSR count). The zero-order chi connectivity index (χ0) is 24.0. The van der Waals surface area contributed by atoms with Crippen LogP contribution in [0.1, 0.15) is 36.8 Å². The molecule has 0 amide bonds. The van der Waals surface area contributed by atoms with Gasteiger partial charge in [0.15, 0.2) is 0 Å². The van der Waals surface area contributed by atoms with E-state index in [9.17, 15) is 8.42 Å². The summed E-state index contributed by atoms with van der Waals surface area (Å²) in [4.78, 5) is 2.36. The number of rotatable bonds is 9. The molecular weight excluding hydrogens is 452 g/mol. The number of nitrogens with one attached hydrogen (secondary N) is 2. The van der Waals surface area contributed by atoms with E-state index in [1.807, 2.05) is 18.2 Å². The average Bonchev–Trinajstić information content (AvgIpc) is 2.87. The van der Waals surface area contributed by atoms with E-state index < -0.39 is 10.2 Å². The van der Waals surface area contributed by atoms with Crippen molar-refractivity contribution >= 4 is 15.9 Å². The van der Waals surface area contributed by atoms with Crippen LogP contribution in [0.25, 0.3) is 0 Å². The van der Waals surface area contributed by atoms with Gasteiger partial charge in [-0.1, -0.05) is 24.3 Å². The largest absolute Gasteiger partial charge is 0.497 e. The van der Waals surface area contributed by atoms with Gasteiger partial charge in [0.05, 0.1) is 20.3 Å². The smallest absolute Gasteiger partial charge is 0.274 e. The third-order valence-electron chi connectivity index (χ3n) is 7.14. The van der Waals surface area contributed by atoms with Crippen LogP contribution in [0.5, 0.6) is 5.75 Å². The Morgan fingerprint density at radius 2 is 1.82 bits per heavy atom. The number of benzene rings is 2. The van der Waals surface area contributed by atoms with Gasteiger partial charge >= 0.3 is 0 Å². The Kier molecular flexibility index (Phi) is 8.10. The number of morpholine rings is 1. The van der Waals surface area contributed by atoms with Crippen LogP contribution in [0.3, 0.4) is 0 Å². The molecule has 0 spiro atoms. The lowest BCUT2D eigenvalue weighted by Gasteiger charge is -2.41. The molecule has 8 nitrogen and oxygen atoms in total. The van der Waals surface area contributed by atoms with Gasteiger partial charge in [0.25, 0.3) is 10.2 Å². The number of hydrogen-bond acceptors (Lipinski definition) is 6. The fourth-order valence-corrected chi connectivity index (χ4v) is 5.52. The second-order valence-corrected chi connectivity index (χ2v) is 10.7. The molecule has 2 fully saturated rings. The minimum Gasteiger partial charge on any atom is -0.497 e. The number of methoxy groups -OCH3 is 1. The molecule has 0 bridgehead atoms. The SMILES string of the molecule is COc1cccc(C2(CNS(N)(=O)=O)CCC(NCc3ccc(N4CCOCC4)cc3)CC2)c1. The summed E-state index contributed by atoms with van der Waals surface area (Å²) in [5.74, 6) is 0.772. The van der Waals surface area contributed by atoms with E-state index in [1.54, 1.807) is 7.11 Å². The number of nitrogens with zero attached hydrogens (tertiary/aromatic N) is 1. The Hall–Kier alpha value is -2.17. The third-order valence-corrected chi connectivity index (χ3v) is 7.69. The topological polar surface area (TPSA) is 106 Å². The molecule has 2 aliphatic rings. The molecule has 1 saturated heterocycles. The van der Waals surface area contributed by atoms with Gasteiger partial charge < -0.3 is 19.7 Å². The molecule has 9 heteroatoms. The molecule has 186 valence electrons. The summed E-state index contributed by atoms with van der Waals surface area (Å²) >= 11 is 0. The van der Waals surface area contributed by atoms with E-state index >= 15 is 0 Å². The van der Waals surface area contributed by atoms with Gasteiger partial charge in [-0.25, -0.2) is 9.86 Å². The number of hydrogen-bond donors (Lipinski definition) is 3. The highest BCUT2D eigenvalue weighted by Crippen LogP contribution is 2.40. The van der Waals surface area contributed by atoms with Gasteiger partial charge in [-0.15, -0.1) is 0 Å². The van der Waals surface area contributed by atoms with E-state index in [2.05, 4.69) is 45.3 Å². The quantitative estimate of drug-likeness (QED) is 0.500. The van der Waals surface area contributed by atoms with E-state index in [1.165, 1.54) is 11.3 Å². The number of anilines is 1. The second-order valence-electron chi connectivity index (χ2n) is 9.30. The molecule has 34 heavy (non-hydrogen) atoms. The maximum atomic E-state index is 11.6. The lowest BCUT2D eigenvalue weighted by Crippen LogP contribution is -2.47. The average molecular weight is 489 g/mol. The Bertz CT molecular complexity index is 1030. The van der Waals surface area contributed by atoms with Crippen molar-refractivity contribution in [3.8, 4) is 5.75 Å². The monoisotopic (exact) mass is 488 g/mol. The summed E-state index contributed by atoms with van der Waals surface area (Å²) in [5.41, 5.74) is 3.28. The first-order valence-electron chi connectivity index (χ1n) is 11.9. The Balaban J connectivity index is 1.36. The third kappa shape index (κ3) is 6.49. The van der Waals surface area contributed by atoms with Crippen molar-refractivity contribution in [1.29, 1.82) is 0 Å². The highest BCUT2D eigenvalue weighted by atomic mass is 32.2. The van der Waals surface area contributed by atoms with Crippen LogP contribution in [0, 0.1) is 0 Å². The number of ether oxygens (including phenoxy) is 2. The van der Waals surface area contributed by atoms with Gasteiger partial charge in [-0.05, 0) is 61.1 Å². The van der Waals surface area contributed by atoms with Crippen molar-refractivity contribution in [3.63, 3.8) is 0 Å². The van der Waals surface area contributed by atoms with Crippen LogP contribution in [0.4, 0.5) is 5.69 Å². The van der Waals surface area contributed by atoms with E-state index in [0.29, 0.717) is 6.04 Å². The van der Waals surface area contributed by atoms with Crippen molar-refractivity contribution in [2.45, 2.75) is 43.7 Å². The van der Waals surface area contributed by atoms with Crippen molar-refractivity contribution in [2.24, 2.45) is 5.14 Å². The predicted octanol–water partition coefficient (Wildman–Crippen LogP) is 2.30. The fourth-order valence-electron chi connectivity index (χ4n) is 5.04. The molecule has 0 unspecified atom stereocenters. The van der Waals surface area contributed by atoms with Crippen LogP contribution in [-0.4, -0.2) is 54.4 Å². The van der Waals surface area contributed by atoms with Crippen LogP contribution in [0.2, 0.25) is 0 Å². The normalized spacial score (nSPS) is 23.6. The molecule has 0 aromatic heterocycles. The standard InChI is InChI=1S/C25H36N4O4S/c1-32-24-4-2-3-21(17-24)25(19-28-34(26,30)31)11-9-22(10-12-25)27-18-20-5-7-23(8-6-20)29-13-15-33-16-14-29/h2-8,17,22,27-28H,9-16,18-19H2,1H3,(H2,26,30,31). The maximum Gasteiger partial charge on any atom is 0.274 e. The summed E-state index contributed by atoms with van der Waals surface area (Å²) in [6.07, 6.45) is 3.62. The van der Waals surface area contributed by atoms with Crippen LogP contribution >= 0.6 is 0 Å². The first-order valence-corrected chi connectivity index (χ1v) is 13.5. The Labute approximate surface area is 203 Å². The second kappa shape index (κ2) is 11.0. The van der Waals surface area contributed by atoms with Crippen LogP contribution in [0.15, 0.2) is 48.5 Å². The molecular formula is C25H36N4O4S. The van der Waals surface area contributed by atoms with Gasteiger partial charge in [-0.3, -0.25) is 0 Å². The molecule has 1 heterocycles. The first-order chi connectivity index (χ1) is 16.4. The van der Waals surface area contributed by atoms with Gasteiger partial charge in [0, 0.05) is 43.3 Å². The molecule has 0 radical (unpaired) electrons. The summed E-state index contributed by atoms with van der Waals surface area (Å²) < 4.78 is 36.7. The van der Waals surface area contributed by atoms with Crippen molar-refractivity contribution < 1.29 is 17.9 Å². The highest BCUT2D eigenvalue weighted by molar-refractivity contribution is 7.87. The van der Waals surface area contributed by atoms with Crippen LogP contribution in [-0.2, 0) is 26.9 Å². The highest BCUT2D eigenvalue weighted by Gasteiger charge is 2.37. The lowest BCUT2D eigenvalue weighted by atomic mass is 9.68. The molecule has 1 aliphatic carbocycles. The zero-order valence-corrected chi connectivity index (χ0v) is 20.6. The first kappa shape index (κ1) is 24.9. The molecule has 4 N–H and O–H groups in total. The summed E-state index contributed by atoms with van der Waals surface area (Å²) in [6, 6.07) is 17.1. The minimum atomic E-state index is -3.76. The molecule has 1 saturated carbocycles. The summed E-state index contributed by atoms with van der Waals surface area (Å²) in [5, 5.41) is 8.96. The molecule has 1 aliphatic heterocycles. The van der Waals surface area contributed by atoms with Gasteiger partial charge in [-0.2, -0.15) is 8.42 Å². The van der Waals surface area contributed by atoms with E-state index in [-0.39, 0.29) is 12.0 Å². The van der Waals surface area contributed by atoms with Gasteiger partial charge in [0.2, 0.25) is 0 Å². The van der Waals surface area contributed by atoms with Gasteiger partial charge in [0.1, 0.15) is 5.75 Å². The Morgan fingerprint density at radius 1 is 1.12 bits per heavy atom. The molecule has 2 aromatic carbocycles.